The fourth-order valence-electron chi connectivity index (χ4n) is 1.73. The molecule has 108 valence electrons. The molecule has 1 aromatic rings. The zero-order chi connectivity index (χ0) is 13.7. The number of aryl methyl sites for hydroxylation is 1. The largest absolute Gasteiger partial charge is 0.496 e. The smallest absolute Gasteiger partial charge is 0.224 e. The van der Waals surface area contributed by atoms with Gasteiger partial charge in [-0.3, -0.25) is 4.79 Å². The summed E-state index contributed by atoms with van der Waals surface area (Å²) < 4.78 is 5.31. The summed E-state index contributed by atoms with van der Waals surface area (Å²) in [6.07, 6.45) is 0. The van der Waals surface area contributed by atoms with E-state index < -0.39 is 0 Å². The molecule has 0 saturated heterocycles. The molecule has 0 heterocycles. The molecule has 2 atom stereocenters. The third-order valence-electron chi connectivity index (χ3n) is 3.01. The third kappa shape index (κ3) is 4.73. The fourth-order valence-corrected chi connectivity index (χ4v) is 1.73. The Labute approximate surface area is 121 Å². The highest BCUT2D eigenvalue weighted by Gasteiger charge is 2.17. The van der Waals surface area contributed by atoms with Gasteiger partial charge in [0.1, 0.15) is 5.75 Å². The number of nitrogens with one attached hydrogen (secondary N) is 1. The monoisotopic (exact) mass is 286 g/mol. The van der Waals surface area contributed by atoms with Gasteiger partial charge >= 0.3 is 0 Å². The summed E-state index contributed by atoms with van der Waals surface area (Å²) in [6.45, 7) is 6.12. The average Bonchev–Trinajstić information content (AvgIpc) is 2.37. The van der Waals surface area contributed by atoms with Crippen molar-refractivity contribution in [2.24, 2.45) is 11.7 Å². The maximum Gasteiger partial charge on any atom is 0.224 e. The Balaban J connectivity index is 0.00000324. The summed E-state index contributed by atoms with van der Waals surface area (Å²) in [4.78, 5) is 11.8. The number of carbonyl (C=O) groups excluding carboxylic acids is 1. The van der Waals surface area contributed by atoms with Crippen LogP contribution in [0.15, 0.2) is 18.2 Å². The van der Waals surface area contributed by atoms with Crippen LogP contribution in [0.25, 0.3) is 0 Å². The lowest BCUT2D eigenvalue weighted by Crippen LogP contribution is -2.35. The molecule has 0 fully saturated rings. The number of rotatable bonds is 5. The van der Waals surface area contributed by atoms with Crippen molar-refractivity contribution >= 4 is 18.3 Å². The summed E-state index contributed by atoms with van der Waals surface area (Å²) in [6, 6.07) is 5.83. The summed E-state index contributed by atoms with van der Waals surface area (Å²) in [5.74, 6) is 0.575. The van der Waals surface area contributed by atoms with Gasteiger partial charge in [0, 0.05) is 18.0 Å². The van der Waals surface area contributed by atoms with Gasteiger partial charge in [-0.25, -0.2) is 0 Å². The van der Waals surface area contributed by atoms with E-state index in [1.807, 2.05) is 39.0 Å². The van der Waals surface area contributed by atoms with Crippen molar-refractivity contribution in [3.63, 3.8) is 0 Å². The zero-order valence-electron chi connectivity index (χ0n) is 11.9. The summed E-state index contributed by atoms with van der Waals surface area (Å²) in [7, 11) is 1.63. The minimum atomic E-state index is -0.178. The standard InChI is InChI=1S/C14H22N2O2.ClH/c1-9-5-6-13(18-4)12(7-9)11(3)16-14(17)10(2)8-15;/h5-7,10-11H,8,15H2,1-4H3,(H,16,17);1H. The Morgan fingerprint density at radius 1 is 1.42 bits per heavy atom. The summed E-state index contributed by atoms with van der Waals surface area (Å²) in [5, 5.41) is 2.95. The van der Waals surface area contributed by atoms with E-state index >= 15 is 0 Å². The molecule has 1 amide bonds. The number of benzene rings is 1. The minimum Gasteiger partial charge on any atom is -0.496 e. The number of halogens is 1. The van der Waals surface area contributed by atoms with Gasteiger partial charge in [-0.2, -0.15) is 0 Å². The highest BCUT2D eigenvalue weighted by Crippen LogP contribution is 2.26. The van der Waals surface area contributed by atoms with E-state index in [0.29, 0.717) is 6.54 Å². The number of carbonyl (C=O) groups is 1. The molecule has 1 aromatic carbocycles. The van der Waals surface area contributed by atoms with Crippen molar-refractivity contribution in [3.05, 3.63) is 29.3 Å². The highest BCUT2D eigenvalue weighted by molar-refractivity contribution is 5.85. The van der Waals surface area contributed by atoms with E-state index in [-0.39, 0.29) is 30.3 Å². The molecular weight excluding hydrogens is 264 g/mol. The summed E-state index contributed by atoms with van der Waals surface area (Å²) >= 11 is 0. The van der Waals surface area contributed by atoms with Gasteiger partial charge in [-0.05, 0) is 19.9 Å². The SMILES string of the molecule is COc1ccc(C)cc1C(C)NC(=O)C(C)CN.Cl. The van der Waals surface area contributed by atoms with E-state index in [1.165, 1.54) is 0 Å². The van der Waals surface area contributed by atoms with Crippen LogP contribution in [-0.4, -0.2) is 19.6 Å². The molecular formula is C14H23ClN2O2. The van der Waals surface area contributed by atoms with Crippen LogP contribution < -0.4 is 15.8 Å². The highest BCUT2D eigenvalue weighted by atomic mass is 35.5. The predicted octanol–water partition coefficient (Wildman–Crippen LogP) is 2.20. The quantitative estimate of drug-likeness (QED) is 0.872. The third-order valence-corrected chi connectivity index (χ3v) is 3.01. The Hall–Kier alpha value is -1.26. The van der Waals surface area contributed by atoms with E-state index in [4.69, 9.17) is 10.5 Å². The van der Waals surface area contributed by atoms with Crippen LogP contribution in [-0.2, 0) is 4.79 Å². The zero-order valence-corrected chi connectivity index (χ0v) is 12.7. The van der Waals surface area contributed by atoms with E-state index in [1.54, 1.807) is 7.11 Å². The molecule has 2 unspecified atom stereocenters. The first-order chi connectivity index (χ1) is 8.49. The molecule has 3 N–H and O–H groups in total. The Bertz CT molecular complexity index is 424. The van der Waals surface area contributed by atoms with Gasteiger partial charge in [0.25, 0.3) is 0 Å². The van der Waals surface area contributed by atoms with Gasteiger partial charge in [0.15, 0.2) is 0 Å². The lowest BCUT2D eigenvalue weighted by atomic mass is 10.0. The molecule has 0 saturated carbocycles. The number of methoxy groups -OCH3 is 1. The van der Waals surface area contributed by atoms with Crippen molar-refractivity contribution < 1.29 is 9.53 Å². The second kappa shape index (κ2) is 8.02. The average molecular weight is 287 g/mol. The van der Waals surface area contributed by atoms with E-state index in [0.717, 1.165) is 16.9 Å². The van der Waals surface area contributed by atoms with Gasteiger partial charge in [0.05, 0.1) is 13.2 Å². The molecule has 0 aliphatic carbocycles. The van der Waals surface area contributed by atoms with Crippen molar-refractivity contribution in [1.29, 1.82) is 0 Å². The molecule has 0 bridgehead atoms. The molecule has 0 spiro atoms. The van der Waals surface area contributed by atoms with E-state index in [2.05, 4.69) is 5.32 Å². The second-order valence-electron chi connectivity index (χ2n) is 4.61. The van der Waals surface area contributed by atoms with Crippen LogP contribution in [0.2, 0.25) is 0 Å². The first-order valence-electron chi connectivity index (χ1n) is 6.14. The van der Waals surface area contributed by atoms with Crippen molar-refractivity contribution in [3.8, 4) is 5.75 Å². The van der Waals surface area contributed by atoms with Gasteiger partial charge in [0.2, 0.25) is 5.91 Å². The molecule has 0 radical (unpaired) electrons. The molecule has 0 aliphatic rings. The van der Waals surface area contributed by atoms with Crippen LogP contribution >= 0.6 is 12.4 Å². The normalized spacial score (nSPS) is 13.1. The first kappa shape index (κ1) is 17.7. The Morgan fingerprint density at radius 3 is 2.58 bits per heavy atom. The van der Waals surface area contributed by atoms with Gasteiger partial charge in [-0.1, -0.05) is 24.6 Å². The molecule has 1 rings (SSSR count). The van der Waals surface area contributed by atoms with Crippen LogP contribution in [0.5, 0.6) is 5.75 Å². The minimum absolute atomic E-state index is 0. The predicted molar refractivity (Wildman–Crippen MR) is 79.8 cm³/mol. The number of hydrogen-bond donors (Lipinski definition) is 2. The molecule has 4 nitrogen and oxygen atoms in total. The first-order valence-corrected chi connectivity index (χ1v) is 6.14. The lowest BCUT2D eigenvalue weighted by molar-refractivity contribution is -0.124. The van der Waals surface area contributed by atoms with Crippen molar-refractivity contribution in [2.45, 2.75) is 26.8 Å². The maximum absolute atomic E-state index is 11.8. The molecule has 0 aromatic heterocycles. The number of ether oxygens (including phenoxy) is 1. The Kier molecular flexibility index (Phi) is 7.49. The van der Waals surface area contributed by atoms with Crippen LogP contribution in [0, 0.1) is 12.8 Å². The maximum atomic E-state index is 11.8. The second-order valence-corrected chi connectivity index (χ2v) is 4.61. The van der Waals surface area contributed by atoms with Gasteiger partial charge in [-0.15, -0.1) is 12.4 Å². The van der Waals surface area contributed by atoms with Crippen molar-refractivity contribution in [1.82, 2.24) is 5.32 Å². The van der Waals surface area contributed by atoms with Gasteiger partial charge < -0.3 is 15.8 Å². The molecule has 0 aliphatic heterocycles. The molecule has 19 heavy (non-hydrogen) atoms. The fraction of sp³-hybridized carbons (Fsp3) is 0.500. The summed E-state index contributed by atoms with van der Waals surface area (Å²) in [5.41, 5.74) is 7.60. The molecule has 5 heteroatoms. The van der Waals surface area contributed by atoms with Crippen molar-refractivity contribution in [2.75, 3.05) is 13.7 Å². The topological polar surface area (TPSA) is 64.3 Å². The lowest BCUT2D eigenvalue weighted by Gasteiger charge is -2.19. The number of hydrogen-bond acceptors (Lipinski definition) is 3. The Morgan fingerprint density at radius 2 is 2.05 bits per heavy atom. The number of amides is 1. The van der Waals surface area contributed by atoms with Crippen LogP contribution in [0.4, 0.5) is 0 Å². The van der Waals surface area contributed by atoms with Crippen LogP contribution in [0.1, 0.15) is 31.0 Å². The number of nitrogens with two attached hydrogens (primary N) is 1. The van der Waals surface area contributed by atoms with E-state index in [9.17, 15) is 4.79 Å². The van der Waals surface area contributed by atoms with Crippen LogP contribution in [0.3, 0.4) is 0 Å².